The molecule has 0 unspecified atom stereocenters. The molecule has 0 bridgehead atoms. The molecule has 0 aliphatic carbocycles. The summed E-state index contributed by atoms with van der Waals surface area (Å²) in [5.74, 6) is 2.14. The fourth-order valence-corrected chi connectivity index (χ4v) is 1.49. The van der Waals surface area contributed by atoms with E-state index in [0.717, 1.165) is 30.2 Å². The second-order valence-electron chi connectivity index (χ2n) is 3.20. The zero-order valence-corrected chi connectivity index (χ0v) is 9.02. The molecule has 0 aliphatic heterocycles. The Morgan fingerprint density at radius 2 is 2.15 bits per heavy atom. The molecular formula is C10H16ClNO. The number of hydrogen-bond donors (Lipinski definition) is 0. The van der Waals surface area contributed by atoms with Gasteiger partial charge in [0.15, 0.2) is 5.89 Å². The van der Waals surface area contributed by atoms with Gasteiger partial charge in [-0.1, -0.05) is 19.8 Å². The molecule has 0 spiro atoms. The molecule has 0 atom stereocenters. The van der Waals surface area contributed by atoms with Crippen LogP contribution in [0.15, 0.2) is 4.42 Å². The summed E-state index contributed by atoms with van der Waals surface area (Å²) in [6.07, 6.45) is 4.55. The topological polar surface area (TPSA) is 26.0 Å². The zero-order valence-electron chi connectivity index (χ0n) is 8.27. The van der Waals surface area contributed by atoms with E-state index < -0.39 is 0 Å². The highest BCUT2D eigenvalue weighted by molar-refractivity contribution is 6.16. The van der Waals surface area contributed by atoms with Crippen LogP contribution in [0.5, 0.6) is 0 Å². The van der Waals surface area contributed by atoms with E-state index in [1.165, 1.54) is 12.8 Å². The lowest BCUT2D eigenvalue weighted by atomic mass is 10.2. The summed E-state index contributed by atoms with van der Waals surface area (Å²) in [7, 11) is 0. The molecule has 1 aromatic heterocycles. The van der Waals surface area contributed by atoms with Gasteiger partial charge in [0.05, 0.1) is 11.6 Å². The first-order valence-electron chi connectivity index (χ1n) is 4.79. The van der Waals surface area contributed by atoms with E-state index >= 15 is 0 Å². The number of nitrogens with zero attached hydrogens (tertiary/aromatic N) is 1. The molecule has 0 N–H and O–H groups in total. The fourth-order valence-electron chi connectivity index (χ4n) is 1.24. The lowest BCUT2D eigenvalue weighted by molar-refractivity contribution is 0.460. The molecule has 3 heteroatoms. The van der Waals surface area contributed by atoms with E-state index in [1.54, 1.807) is 0 Å². The van der Waals surface area contributed by atoms with Gasteiger partial charge in [0, 0.05) is 6.42 Å². The van der Waals surface area contributed by atoms with Gasteiger partial charge >= 0.3 is 0 Å². The molecule has 0 fully saturated rings. The van der Waals surface area contributed by atoms with Gasteiger partial charge in [0.2, 0.25) is 0 Å². The minimum Gasteiger partial charge on any atom is -0.446 e. The van der Waals surface area contributed by atoms with Gasteiger partial charge in [0.25, 0.3) is 0 Å². The Morgan fingerprint density at radius 1 is 1.38 bits per heavy atom. The second-order valence-corrected chi connectivity index (χ2v) is 3.47. The molecule has 0 amide bonds. The second kappa shape index (κ2) is 5.28. The predicted molar refractivity (Wildman–Crippen MR) is 54.0 cm³/mol. The van der Waals surface area contributed by atoms with Crippen LogP contribution in [0.1, 0.15) is 43.5 Å². The van der Waals surface area contributed by atoms with Crippen molar-refractivity contribution in [3.8, 4) is 0 Å². The summed E-state index contributed by atoms with van der Waals surface area (Å²) in [5, 5.41) is 0. The van der Waals surface area contributed by atoms with E-state index in [4.69, 9.17) is 16.0 Å². The van der Waals surface area contributed by atoms with E-state index in [9.17, 15) is 0 Å². The summed E-state index contributed by atoms with van der Waals surface area (Å²) in [6.45, 7) is 4.10. The maximum Gasteiger partial charge on any atom is 0.194 e. The number of unbranched alkanes of at least 4 members (excludes halogenated alkanes) is 2. The Kier molecular flexibility index (Phi) is 4.29. The van der Waals surface area contributed by atoms with Gasteiger partial charge in [0.1, 0.15) is 5.76 Å². The van der Waals surface area contributed by atoms with Gasteiger partial charge in [-0.25, -0.2) is 4.98 Å². The van der Waals surface area contributed by atoms with Crippen LogP contribution in [0.3, 0.4) is 0 Å². The third-order valence-electron chi connectivity index (χ3n) is 2.06. The Bertz CT molecular complexity index is 257. The SMILES string of the molecule is CCCCCc1nc(CCl)c(C)o1. The highest BCUT2D eigenvalue weighted by Gasteiger charge is 2.07. The molecular weight excluding hydrogens is 186 g/mol. The fraction of sp³-hybridized carbons (Fsp3) is 0.700. The van der Waals surface area contributed by atoms with Gasteiger partial charge in [-0.15, -0.1) is 11.6 Å². The van der Waals surface area contributed by atoms with Crippen molar-refractivity contribution in [2.75, 3.05) is 0 Å². The molecule has 0 saturated heterocycles. The zero-order chi connectivity index (χ0) is 9.68. The minimum atomic E-state index is 0.448. The van der Waals surface area contributed by atoms with Gasteiger partial charge in [-0.2, -0.15) is 0 Å². The third kappa shape index (κ3) is 3.03. The molecule has 0 radical (unpaired) electrons. The van der Waals surface area contributed by atoms with E-state index in [1.807, 2.05) is 6.92 Å². The van der Waals surface area contributed by atoms with Crippen LogP contribution in [0.25, 0.3) is 0 Å². The molecule has 1 aromatic rings. The number of rotatable bonds is 5. The van der Waals surface area contributed by atoms with Crippen LogP contribution in [-0.2, 0) is 12.3 Å². The van der Waals surface area contributed by atoms with E-state index in [-0.39, 0.29) is 0 Å². The number of aromatic nitrogens is 1. The molecule has 0 aromatic carbocycles. The van der Waals surface area contributed by atoms with Crippen LogP contribution < -0.4 is 0 Å². The number of hydrogen-bond acceptors (Lipinski definition) is 2. The van der Waals surface area contributed by atoms with Crippen molar-refractivity contribution in [1.82, 2.24) is 4.98 Å². The Morgan fingerprint density at radius 3 is 2.69 bits per heavy atom. The van der Waals surface area contributed by atoms with Crippen LogP contribution in [0.4, 0.5) is 0 Å². The normalized spacial score (nSPS) is 10.7. The van der Waals surface area contributed by atoms with Crippen LogP contribution in [-0.4, -0.2) is 4.98 Å². The largest absolute Gasteiger partial charge is 0.446 e. The van der Waals surface area contributed by atoms with Crippen LogP contribution >= 0.6 is 11.6 Å². The average Bonchev–Trinajstić information content (AvgIpc) is 2.47. The lowest BCUT2D eigenvalue weighted by Crippen LogP contribution is -1.86. The Hall–Kier alpha value is -0.500. The smallest absolute Gasteiger partial charge is 0.194 e. The molecule has 2 nitrogen and oxygen atoms in total. The first kappa shape index (κ1) is 10.6. The number of alkyl halides is 1. The highest BCUT2D eigenvalue weighted by Crippen LogP contribution is 2.14. The van der Waals surface area contributed by atoms with Crippen molar-refractivity contribution in [2.45, 2.75) is 45.4 Å². The molecule has 1 rings (SSSR count). The van der Waals surface area contributed by atoms with Crippen molar-refractivity contribution in [3.63, 3.8) is 0 Å². The number of oxazole rings is 1. The van der Waals surface area contributed by atoms with Crippen molar-refractivity contribution < 1.29 is 4.42 Å². The number of aryl methyl sites for hydroxylation is 2. The highest BCUT2D eigenvalue weighted by atomic mass is 35.5. The average molecular weight is 202 g/mol. The van der Waals surface area contributed by atoms with E-state index in [0.29, 0.717) is 5.88 Å². The summed E-state index contributed by atoms with van der Waals surface area (Å²) in [6, 6.07) is 0. The van der Waals surface area contributed by atoms with Gasteiger partial charge < -0.3 is 4.42 Å². The molecule has 1 heterocycles. The third-order valence-corrected chi connectivity index (χ3v) is 2.31. The lowest BCUT2D eigenvalue weighted by Gasteiger charge is -1.92. The Balaban J connectivity index is 2.48. The quantitative estimate of drug-likeness (QED) is 0.539. The van der Waals surface area contributed by atoms with Gasteiger partial charge in [-0.3, -0.25) is 0 Å². The first-order chi connectivity index (χ1) is 6.27. The number of halogens is 1. The van der Waals surface area contributed by atoms with Gasteiger partial charge in [-0.05, 0) is 13.3 Å². The summed E-state index contributed by atoms with van der Waals surface area (Å²) in [5.41, 5.74) is 0.883. The summed E-state index contributed by atoms with van der Waals surface area (Å²) < 4.78 is 5.46. The maximum absolute atomic E-state index is 5.68. The first-order valence-corrected chi connectivity index (χ1v) is 5.32. The molecule has 0 saturated carbocycles. The van der Waals surface area contributed by atoms with Crippen molar-refractivity contribution in [2.24, 2.45) is 0 Å². The van der Waals surface area contributed by atoms with Crippen LogP contribution in [0.2, 0.25) is 0 Å². The minimum absolute atomic E-state index is 0.448. The monoisotopic (exact) mass is 201 g/mol. The maximum atomic E-state index is 5.68. The van der Waals surface area contributed by atoms with Crippen LogP contribution in [0, 0.1) is 6.92 Å². The van der Waals surface area contributed by atoms with E-state index in [2.05, 4.69) is 11.9 Å². The predicted octanol–water partition coefficient (Wildman–Crippen LogP) is 3.45. The summed E-state index contributed by atoms with van der Waals surface area (Å²) >= 11 is 5.68. The van der Waals surface area contributed by atoms with Crippen molar-refractivity contribution in [3.05, 3.63) is 17.3 Å². The standard InChI is InChI=1S/C10H16ClNO/c1-3-4-5-6-10-12-9(7-11)8(2)13-10/h3-7H2,1-2H3. The molecule has 74 valence electrons. The van der Waals surface area contributed by atoms with Crippen molar-refractivity contribution >= 4 is 11.6 Å². The molecule has 0 aliphatic rings. The summed E-state index contributed by atoms with van der Waals surface area (Å²) in [4.78, 5) is 4.30. The van der Waals surface area contributed by atoms with Crippen molar-refractivity contribution in [1.29, 1.82) is 0 Å². The molecule has 13 heavy (non-hydrogen) atoms. The Labute approximate surface area is 84.3 Å².